The van der Waals surface area contributed by atoms with Gasteiger partial charge < -0.3 is 14.6 Å². The number of amides is 1. The molecule has 0 unspecified atom stereocenters. The van der Waals surface area contributed by atoms with Gasteiger partial charge in [-0.1, -0.05) is 88.6 Å². The second-order valence-corrected chi connectivity index (χ2v) is 11.5. The van der Waals surface area contributed by atoms with E-state index in [1.807, 2.05) is 48.5 Å². The Hall–Kier alpha value is -5.55. The number of benzene rings is 4. The summed E-state index contributed by atoms with van der Waals surface area (Å²) in [6, 6.07) is 28.8. The van der Waals surface area contributed by atoms with Gasteiger partial charge in [-0.05, 0) is 64.5 Å². The summed E-state index contributed by atoms with van der Waals surface area (Å²) in [5, 5.41) is 17.4. The minimum atomic E-state index is -1.63. The van der Waals surface area contributed by atoms with Crippen LogP contribution in [0.4, 0.5) is 5.69 Å². The molecule has 250 valence electrons. The van der Waals surface area contributed by atoms with Crippen LogP contribution in [0.15, 0.2) is 112 Å². The Kier molecular flexibility index (Phi) is 12.1. The molecule has 4 aromatic carbocycles. The summed E-state index contributed by atoms with van der Waals surface area (Å²) in [5.41, 5.74) is 26.4. The van der Waals surface area contributed by atoms with Gasteiger partial charge in [0, 0.05) is 57.7 Å². The molecule has 0 aliphatic carbocycles. The lowest BCUT2D eigenvalue weighted by molar-refractivity contribution is -0.130. The molecule has 1 aliphatic rings. The van der Waals surface area contributed by atoms with Gasteiger partial charge in [-0.3, -0.25) is 10.2 Å². The predicted molar refractivity (Wildman–Crippen MR) is 186 cm³/mol. The molecule has 2 atom stereocenters. The number of azide groups is 2. The van der Waals surface area contributed by atoms with Gasteiger partial charge in [0.25, 0.3) is 5.91 Å². The third-order valence-corrected chi connectivity index (χ3v) is 8.33. The van der Waals surface area contributed by atoms with Crippen LogP contribution in [0, 0.1) is 0 Å². The number of hydrogen-bond donors (Lipinski definition) is 3. The summed E-state index contributed by atoms with van der Waals surface area (Å²) in [5.74, 6) is 0.297. The van der Waals surface area contributed by atoms with Gasteiger partial charge >= 0.3 is 0 Å². The maximum atomic E-state index is 14.6. The van der Waals surface area contributed by atoms with Crippen molar-refractivity contribution >= 4 is 29.1 Å². The molecule has 0 fully saturated rings. The Bertz CT molecular complexity index is 1890. The number of rotatable bonds is 16. The van der Waals surface area contributed by atoms with E-state index in [0.29, 0.717) is 59.0 Å². The molecule has 1 aliphatic heterocycles. The largest absolute Gasteiger partial charge is 0.494 e. The molecule has 0 saturated carbocycles. The van der Waals surface area contributed by atoms with Crippen LogP contribution in [0.3, 0.4) is 0 Å². The number of nitrogens with one attached hydrogen (secondary N) is 2. The van der Waals surface area contributed by atoms with Crippen LogP contribution < -0.4 is 15.6 Å². The van der Waals surface area contributed by atoms with Gasteiger partial charge in [0.1, 0.15) is 5.75 Å². The van der Waals surface area contributed by atoms with E-state index in [0.717, 1.165) is 5.56 Å². The minimum Gasteiger partial charge on any atom is -0.494 e. The Morgan fingerprint density at radius 2 is 1.67 bits per heavy atom. The molecule has 0 bridgehead atoms. The quantitative estimate of drug-likeness (QED) is 0.0370. The minimum absolute atomic E-state index is 0.0203. The molecule has 4 aromatic rings. The number of halogens is 1. The van der Waals surface area contributed by atoms with Crippen molar-refractivity contribution in [1.29, 1.82) is 0 Å². The lowest BCUT2D eigenvalue weighted by Gasteiger charge is -2.32. The fourth-order valence-electron chi connectivity index (χ4n) is 5.54. The molecule has 0 saturated heterocycles. The highest BCUT2D eigenvalue weighted by molar-refractivity contribution is 6.31. The van der Waals surface area contributed by atoms with Crippen LogP contribution in [0.5, 0.6) is 5.75 Å². The maximum absolute atomic E-state index is 14.6. The van der Waals surface area contributed by atoms with E-state index in [9.17, 15) is 10.3 Å². The molecule has 0 radical (unpaired) electrons. The Balaban J connectivity index is 1.57. The van der Waals surface area contributed by atoms with Crippen LogP contribution in [-0.4, -0.2) is 42.2 Å². The summed E-state index contributed by atoms with van der Waals surface area (Å²) >= 11 is 6.34. The topological polar surface area (TPSA) is 190 Å². The monoisotopic (exact) mass is 679 g/mol. The highest BCUT2D eigenvalue weighted by atomic mass is 35.5. The molecule has 3 N–H and O–H groups in total. The van der Waals surface area contributed by atoms with E-state index in [-0.39, 0.29) is 31.2 Å². The summed E-state index contributed by atoms with van der Waals surface area (Å²) in [6.07, 6.45) is 0.0452. The molecular weight excluding hydrogens is 646 g/mol. The molecule has 0 aromatic heterocycles. The van der Waals surface area contributed by atoms with E-state index in [4.69, 9.17) is 36.7 Å². The summed E-state index contributed by atoms with van der Waals surface area (Å²) in [6.45, 7) is 0.809. The van der Waals surface area contributed by atoms with E-state index in [1.165, 1.54) is 0 Å². The first-order valence-corrected chi connectivity index (χ1v) is 16.0. The van der Waals surface area contributed by atoms with Gasteiger partial charge in [0.2, 0.25) is 5.90 Å². The fourth-order valence-corrected chi connectivity index (χ4v) is 5.77. The lowest BCUT2D eigenvalue weighted by Crippen LogP contribution is -2.54. The van der Waals surface area contributed by atoms with Gasteiger partial charge in [-0.2, -0.15) is 0 Å². The summed E-state index contributed by atoms with van der Waals surface area (Å²) in [7, 11) is 0. The summed E-state index contributed by atoms with van der Waals surface area (Å²) < 4.78 is 12.3. The van der Waals surface area contributed by atoms with Crippen LogP contribution in [0.1, 0.15) is 40.3 Å². The standard InChI is InChI=1S/C35H34ClN9O4/c36-30-12-5-3-8-24(30)18-19-39-43-34(47)35(22-26-9-1-2-10-27(26)23-40-44-37)32(29-11-4-6-13-31(29)42-45-38)49-33(41-35)25-14-16-28(17-15-25)48-21-7-20-46/h1-6,8-17,32,39,46H,7,18-23H2,(H,43,47)/t32-,35-/m0/s1. The zero-order valence-electron chi connectivity index (χ0n) is 26.4. The highest BCUT2D eigenvalue weighted by Gasteiger charge is 2.54. The second-order valence-electron chi connectivity index (χ2n) is 11.1. The van der Waals surface area contributed by atoms with Crippen molar-refractivity contribution < 1.29 is 19.4 Å². The number of nitrogens with zero attached hydrogens (tertiary/aromatic N) is 7. The van der Waals surface area contributed by atoms with E-state index < -0.39 is 17.6 Å². The fraction of sp³-hybridized carbons (Fsp3) is 0.257. The Morgan fingerprint density at radius 1 is 0.959 bits per heavy atom. The third kappa shape index (κ3) is 8.49. The number of aliphatic imine (C=N–C) groups is 1. The van der Waals surface area contributed by atoms with Crippen LogP contribution in [-0.2, 0) is 28.9 Å². The highest BCUT2D eigenvalue weighted by Crippen LogP contribution is 2.45. The van der Waals surface area contributed by atoms with Crippen molar-refractivity contribution in [3.05, 3.63) is 151 Å². The number of carbonyl (C=O) groups is 1. The number of ether oxygens (including phenoxy) is 2. The molecule has 1 amide bonds. The van der Waals surface area contributed by atoms with Crippen LogP contribution >= 0.6 is 11.6 Å². The molecule has 13 nitrogen and oxygen atoms in total. The molecular formula is C35H34ClN9O4. The van der Waals surface area contributed by atoms with Crippen molar-refractivity contribution in [2.75, 3.05) is 19.8 Å². The SMILES string of the molecule is [N-]=[N+]=NCc1ccccc1C[C@]1(C(=O)NNCCc2ccccc2Cl)N=C(c2ccc(OCCCO)cc2)O[C@H]1c1ccccc1N=[N+]=[N-]. The zero-order valence-corrected chi connectivity index (χ0v) is 27.2. The number of aliphatic hydroxyl groups is 1. The normalized spacial score (nSPS) is 16.4. The Morgan fingerprint density at radius 3 is 2.41 bits per heavy atom. The van der Waals surface area contributed by atoms with E-state index in [2.05, 4.69) is 30.9 Å². The van der Waals surface area contributed by atoms with Gasteiger partial charge in [0.05, 0.1) is 13.2 Å². The first-order valence-electron chi connectivity index (χ1n) is 15.6. The average Bonchev–Trinajstić information content (AvgIpc) is 3.51. The number of hydrogen-bond acceptors (Lipinski definition) is 8. The first kappa shape index (κ1) is 34.8. The van der Waals surface area contributed by atoms with Crippen molar-refractivity contribution in [1.82, 2.24) is 10.9 Å². The summed E-state index contributed by atoms with van der Waals surface area (Å²) in [4.78, 5) is 25.6. The molecule has 0 spiro atoms. The number of carbonyl (C=O) groups excluding carboxylic acids is 1. The molecule has 49 heavy (non-hydrogen) atoms. The predicted octanol–water partition coefficient (Wildman–Crippen LogP) is 7.22. The van der Waals surface area contributed by atoms with Crippen molar-refractivity contribution in [3.63, 3.8) is 0 Å². The van der Waals surface area contributed by atoms with E-state index >= 15 is 0 Å². The van der Waals surface area contributed by atoms with Crippen LogP contribution in [0.25, 0.3) is 20.9 Å². The van der Waals surface area contributed by atoms with Gasteiger partial charge in [-0.15, -0.1) is 0 Å². The first-order chi connectivity index (χ1) is 24.0. The average molecular weight is 680 g/mol. The molecule has 1 heterocycles. The van der Waals surface area contributed by atoms with Crippen molar-refractivity contribution in [3.8, 4) is 5.75 Å². The van der Waals surface area contributed by atoms with Gasteiger partial charge in [-0.25, -0.2) is 10.4 Å². The lowest BCUT2D eigenvalue weighted by atomic mass is 9.80. The smallest absolute Gasteiger partial charge is 0.266 e. The third-order valence-electron chi connectivity index (χ3n) is 7.96. The van der Waals surface area contributed by atoms with Crippen molar-refractivity contribution in [2.45, 2.75) is 37.5 Å². The van der Waals surface area contributed by atoms with Crippen LogP contribution in [0.2, 0.25) is 5.02 Å². The van der Waals surface area contributed by atoms with Gasteiger partial charge in [0.15, 0.2) is 11.6 Å². The maximum Gasteiger partial charge on any atom is 0.266 e. The molecule has 14 heteroatoms. The zero-order chi connectivity index (χ0) is 34.5. The van der Waals surface area contributed by atoms with E-state index in [1.54, 1.807) is 48.5 Å². The Labute approximate surface area is 287 Å². The number of hydrazine groups is 1. The molecule has 5 rings (SSSR count). The van der Waals surface area contributed by atoms with Crippen molar-refractivity contribution in [2.24, 2.45) is 15.2 Å². The number of aliphatic hydroxyl groups excluding tert-OH is 1. The second kappa shape index (κ2) is 17.0.